The maximum absolute atomic E-state index is 11.1. The van der Waals surface area contributed by atoms with Crippen LogP contribution in [0.2, 0.25) is 0 Å². The molecule has 2 saturated heterocycles. The van der Waals surface area contributed by atoms with E-state index in [9.17, 15) is 9.59 Å². The van der Waals surface area contributed by atoms with Crippen molar-refractivity contribution in [3.8, 4) is 0 Å². The Hall–Kier alpha value is -0.560. The number of rotatable bonds is 2. The van der Waals surface area contributed by atoms with Crippen molar-refractivity contribution in [2.24, 2.45) is 23.7 Å². The first-order valence-corrected chi connectivity index (χ1v) is 8.08. The lowest BCUT2D eigenvalue weighted by Gasteiger charge is -2.26. The Morgan fingerprint density at radius 3 is 1.38 bits per heavy atom. The van der Waals surface area contributed by atoms with Gasteiger partial charge in [0.25, 0.3) is 0 Å². The summed E-state index contributed by atoms with van der Waals surface area (Å²) in [5.41, 5.74) is 0. The van der Waals surface area contributed by atoms with Gasteiger partial charge in [0.2, 0.25) is 0 Å². The molecule has 0 radical (unpaired) electrons. The molecule has 0 spiro atoms. The number of hydrogen-bond acceptors (Lipinski definition) is 6. The van der Waals surface area contributed by atoms with E-state index < -0.39 is 0 Å². The maximum Gasteiger partial charge on any atom is 0.309 e. The third-order valence-electron chi connectivity index (χ3n) is 4.58. The summed E-state index contributed by atoms with van der Waals surface area (Å²) in [5, 5.41) is 6.47. The largest absolute Gasteiger partial charge is 0.469 e. The molecule has 24 heavy (non-hydrogen) atoms. The summed E-state index contributed by atoms with van der Waals surface area (Å²) in [6.45, 7) is 7.88. The van der Waals surface area contributed by atoms with Crippen LogP contribution in [-0.2, 0) is 19.1 Å². The third kappa shape index (κ3) is 8.01. The lowest BCUT2D eigenvalue weighted by atomic mass is 9.88. The summed E-state index contributed by atoms with van der Waals surface area (Å²) in [4.78, 5) is 22.3. The highest BCUT2D eigenvalue weighted by Gasteiger charge is 2.28. The van der Waals surface area contributed by atoms with Crippen molar-refractivity contribution < 1.29 is 19.1 Å². The molecule has 0 saturated carbocycles. The van der Waals surface area contributed by atoms with Gasteiger partial charge in [0.15, 0.2) is 0 Å². The van der Waals surface area contributed by atoms with Gasteiger partial charge in [-0.25, -0.2) is 0 Å². The summed E-state index contributed by atoms with van der Waals surface area (Å²) >= 11 is 0. The highest BCUT2D eigenvalue weighted by Crippen LogP contribution is 2.20. The second-order valence-electron chi connectivity index (χ2n) is 6.20. The molecule has 0 aliphatic carbocycles. The fourth-order valence-electron chi connectivity index (χ4n) is 3.03. The van der Waals surface area contributed by atoms with Crippen molar-refractivity contribution in [2.75, 3.05) is 40.4 Å². The summed E-state index contributed by atoms with van der Waals surface area (Å²) < 4.78 is 9.39. The highest BCUT2D eigenvalue weighted by atomic mass is 35.5. The topological polar surface area (TPSA) is 76.7 Å². The zero-order valence-corrected chi connectivity index (χ0v) is 16.6. The predicted octanol–water partition coefficient (Wildman–Crippen LogP) is 1.65. The normalized spacial score (nSPS) is 28.8. The van der Waals surface area contributed by atoms with E-state index in [0.29, 0.717) is 11.8 Å². The number of piperidine rings is 2. The van der Waals surface area contributed by atoms with Gasteiger partial charge in [-0.3, -0.25) is 9.59 Å². The van der Waals surface area contributed by atoms with Crippen LogP contribution in [0.4, 0.5) is 0 Å². The van der Waals surface area contributed by atoms with Crippen LogP contribution in [0.25, 0.3) is 0 Å². The molecule has 144 valence electrons. The fourth-order valence-corrected chi connectivity index (χ4v) is 3.03. The Labute approximate surface area is 157 Å². The summed E-state index contributed by atoms with van der Waals surface area (Å²) in [6.07, 6.45) is 1.82. The first kappa shape index (κ1) is 25.7. The highest BCUT2D eigenvalue weighted by molar-refractivity contribution is 5.85. The van der Waals surface area contributed by atoms with E-state index in [1.165, 1.54) is 14.2 Å². The average Bonchev–Trinajstić information content (AvgIpc) is 2.55. The molecule has 2 N–H and O–H groups in total. The number of hydrogen-bond donors (Lipinski definition) is 2. The number of ether oxygens (including phenoxy) is 2. The summed E-state index contributed by atoms with van der Waals surface area (Å²) in [7, 11) is 2.91. The van der Waals surface area contributed by atoms with E-state index in [-0.39, 0.29) is 48.6 Å². The van der Waals surface area contributed by atoms with Gasteiger partial charge in [-0.2, -0.15) is 0 Å². The molecule has 6 nitrogen and oxygen atoms in total. The van der Waals surface area contributed by atoms with Crippen LogP contribution in [0, 0.1) is 23.7 Å². The SMILES string of the molecule is COC(=O)[C@@H]1CCNC[C@H]1C.COC(=O)[C@H]1CCNC[C@@H]1C.Cl.Cl. The van der Waals surface area contributed by atoms with E-state index in [0.717, 1.165) is 39.0 Å². The number of nitrogens with one attached hydrogen (secondary N) is 2. The van der Waals surface area contributed by atoms with Gasteiger partial charge in [0, 0.05) is 0 Å². The quantitative estimate of drug-likeness (QED) is 0.702. The third-order valence-corrected chi connectivity index (χ3v) is 4.58. The molecular weight excluding hydrogens is 355 g/mol. The molecule has 0 bridgehead atoms. The van der Waals surface area contributed by atoms with Gasteiger partial charge in [-0.1, -0.05) is 13.8 Å². The van der Waals surface area contributed by atoms with Gasteiger partial charge in [-0.05, 0) is 50.9 Å². The first-order chi connectivity index (χ1) is 10.5. The molecule has 0 aromatic carbocycles. The molecule has 2 fully saturated rings. The van der Waals surface area contributed by atoms with Crippen molar-refractivity contribution in [1.82, 2.24) is 10.6 Å². The number of methoxy groups -OCH3 is 2. The van der Waals surface area contributed by atoms with Gasteiger partial charge >= 0.3 is 11.9 Å². The van der Waals surface area contributed by atoms with Gasteiger partial charge < -0.3 is 20.1 Å². The lowest BCUT2D eigenvalue weighted by Crippen LogP contribution is -2.39. The van der Waals surface area contributed by atoms with Crippen LogP contribution in [-0.4, -0.2) is 52.3 Å². The van der Waals surface area contributed by atoms with E-state index in [1.54, 1.807) is 0 Å². The van der Waals surface area contributed by atoms with Crippen LogP contribution >= 0.6 is 24.8 Å². The Morgan fingerprint density at radius 2 is 1.12 bits per heavy atom. The monoisotopic (exact) mass is 386 g/mol. The van der Waals surface area contributed by atoms with Gasteiger partial charge in [-0.15, -0.1) is 24.8 Å². The summed E-state index contributed by atoms with van der Waals surface area (Å²) in [6, 6.07) is 0. The van der Waals surface area contributed by atoms with Crippen LogP contribution in [0.5, 0.6) is 0 Å². The number of esters is 2. The average molecular weight is 387 g/mol. The maximum atomic E-state index is 11.1. The molecule has 0 aromatic heterocycles. The predicted molar refractivity (Wildman–Crippen MR) is 98.8 cm³/mol. The number of carbonyl (C=O) groups excluding carboxylic acids is 2. The van der Waals surface area contributed by atoms with E-state index in [1.807, 2.05) is 0 Å². The van der Waals surface area contributed by atoms with Crippen molar-refractivity contribution in [3.05, 3.63) is 0 Å². The molecule has 0 aromatic rings. The zero-order chi connectivity index (χ0) is 16.5. The van der Waals surface area contributed by atoms with Crippen LogP contribution in [0.3, 0.4) is 0 Å². The second kappa shape index (κ2) is 13.7. The second-order valence-corrected chi connectivity index (χ2v) is 6.20. The van der Waals surface area contributed by atoms with E-state index in [2.05, 4.69) is 24.5 Å². The lowest BCUT2D eigenvalue weighted by molar-refractivity contribution is -0.148. The molecule has 0 amide bonds. The standard InChI is InChI=1S/2C8H15NO2.2ClH/c2*1-6-5-9-4-3-7(6)8(10)11-2;;/h2*6-7,9H,3-5H2,1-2H3;2*1H/t2*6-,7-;;/m10../s1. The molecule has 4 atom stereocenters. The Kier molecular flexibility index (Phi) is 14.7. The first-order valence-electron chi connectivity index (χ1n) is 8.08. The number of carbonyl (C=O) groups is 2. The smallest absolute Gasteiger partial charge is 0.309 e. The molecule has 2 aliphatic rings. The van der Waals surface area contributed by atoms with E-state index >= 15 is 0 Å². The van der Waals surface area contributed by atoms with E-state index in [4.69, 9.17) is 9.47 Å². The Bertz CT molecular complexity index is 338. The molecule has 8 heteroatoms. The van der Waals surface area contributed by atoms with Crippen molar-refractivity contribution in [3.63, 3.8) is 0 Å². The number of halogens is 2. The Morgan fingerprint density at radius 1 is 0.792 bits per heavy atom. The molecule has 0 unspecified atom stereocenters. The van der Waals surface area contributed by atoms with Crippen molar-refractivity contribution in [1.29, 1.82) is 0 Å². The zero-order valence-electron chi connectivity index (χ0n) is 15.0. The van der Waals surface area contributed by atoms with Gasteiger partial charge in [0.1, 0.15) is 0 Å². The fraction of sp³-hybridized carbons (Fsp3) is 0.875. The van der Waals surface area contributed by atoms with Crippen molar-refractivity contribution in [2.45, 2.75) is 26.7 Å². The van der Waals surface area contributed by atoms with Crippen molar-refractivity contribution >= 4 is 36.8 Å². The van der Waals surface area contributed by atoms with Crippen LogP contribution in [0.1, 0.15) is 26.7 Å². The molecule has 2 heterocycles. The minimum absolute atomic E-state index is 0. The molecular formula is C16H32Cl2N2O4. The van der Waals surface area contributed by atoms with Crippen LogP contribution in [0.15, 0.2) is 0 Å². The summed E-state index contributed by atoms with van der Waals surface area (Å²) in [5.74, 6) is 0.938. The van der Waals surface area contributed by atoms with Gasteiger partial charge in [0.05, 0.1) is 26.1 Å². The Balaban J connectivity index is 0. The van der Waals surface area contributed by atoms with Crippen LogP contribution < -0.4 is 10.6 Å². The minimum atomic E-state index is -0.0565. The molecule has 2 aliphatic heterocycles. The minimum Gasteiger partial charge on any atom is -0.469 e. The molecule has 2 rings (SSSR count).